The lowest BCUT2D eigenvalue weighted by atomic mass is 9.86. The van der Waals surface area contributed by atoms with Gasteiger partial charge in [-0.1, -0.05) is 27.7 Å². The molecule has 0 spiro atoms. The summed E-state index contributed by atoms with van der Waals surface area (Å²) in [5.41, 5.74) is 1.65. The number of aromatic nitrogens is 1. The van der Waals surface area contributed by atoms with Crippen LogP contribution in [0.15, 0.2) is 24.5 Å². The van der Waals surface area contributed by atoms with Crippen molar-refractivity contribution < 1.29 is 0 Å². The van der Waals surface area contributed by atoms with Crippen LogP contribution in [0.5, 0.6) is 0 Å². The van der Waals surface area contributed by atoms with Crippen LogP contribution < -0.4 is 5.32 Å². The van der Waals surface area contributed by atoms with Crippen LogP contribution >= 0.6 is 0 Å². The highest BCUT2D eigenvalue weighted by Crippen LogP contribution is 2.20. The monoisotopic (exact) mass is 277 g/mol. The fraction of sp³-hybridized carbons (Fsp3) is 0.706. The van der Waals surface area contributed by atoms with Crippen LogP contribution in [0.25, 0.3) is 0 Å². The maximum absolute atomic E-state index is 4.06. The number of nitrogens with one attached hydrogen (secondary N) is 1. The highest BCUT2D eigenvalue weighted by atomic mass is 15.1. The SMILES string of the molecule is CCCNC(CN(C)CCc1ccncc1)C(C)(C)C. The summed E-state index contributed by atoms with van der Waals surface area (Å²) in [5, 5.41) is 3.69. The van der Waals surface area contributed by atoms with Gasteiger partial charge in [-0.25, -0.2) is 0 Å². The molecule has 3 heteroatoms. The smallest absolute Gasteiger partial charge is 0.0270 e. The van der Waals surface area contributed by atoms with E-state index >= 15 is 0 Å². The average molecular weight is 277 g/mol. The zero-order valence-corrected chi connectivity index (χ0v) is 13.8. The summed E-state index contributed by atoms with van der Waals surface area (Å²) in [6.45, 7) is 12.4. The molecule has 3 nitrogen and oxygen atoms in total. The van der Waals surface area contributed by atoms with Gasteiger partial charge in [-0.05, 0) is 49.5 Å². The maximum Gasteiger partial charge on any atom is 0.0270 e. The summed E-state index contributed by atoms with van der Waals surface area (Å²) in [6, 6.07) is 4.74. The van der Waals surface area contributed by atoms with Crippen LogP contribution in [0.1, 0.15) is 39.7 Å². The summed E-state index contributed by atoms with van der Waals surface area (Å²) < 4.78 is 0. The Morgan fingerprint density at radius 2 is 1.90 bits per heavy atom. The molecule has 0 bridgehead atoms. The summed E-state index contributed by atoms with van der Waals surface area (Å²) in [4.78, 5) is 6.49. The fourth-order valence-corrected chi connectivity index (χ4v) is 2.24. The molecule has 0 fully saturated rings. The molecular weight excluding hydrogens is 246 g/mol. The zero-order valence-electron chi connectivity index (χ0n) is 13.8. The van der Waals surface area contributed by atoms with E-state index in [1.807, 2.05) is 12.4 Å². The number of nitrogens with zero attached hydrogens (tertiary/aromatic N) is 2. The predicted octanol–water partition coefficient (Wildman–Crippen LogP) is 2.97. The third-order valence-electron chi connectivity index (χ3n) is 3.71. The minimum Gasteiger partial charge on any atom is -0.312 e. The van der Waals surface area contributed by atoms with Crippen molar-refractivity contribution in [2.45, 2.75) is 46.6 Å². The minimum atomic E-state index is 0.292. The van der Waals surface area contributed by atoms with Gasteiger partial charge in [-0.15, -0.1) is 0 Å². The predicted molar refractivity (Wildman–Crippen MR) is 87.0 cm³/mol. The number of rotatable bonds is 8. The van der Waals surface area contributed by atoms with Gasteiger partial charge in [0.15, 0.2) is 0 Å². The Bertz CT molecular complexity index is 356. The van der Waals surface area contributed by atoms with Crippen LogP contribution in [-0.2, 0) is 6.42 Å². The highest BCUT2D eigenvalue weighted by molar-refractivity contribution is 5.09. The van der Waals surface area contributed by atoms with Crippen LogP contribution in [-0.4, -0.2) is 42.6 Å². The number of hydrogen-bond acceptors (Lipinski definition) is 3. The van der Waals surface area contributed by atoms with Crippen molar-refractivity contribution in [3.05, 3.63) is 30.1 Å². The van der Waals surface area contributed by atoms with Gasteiger partial charge in [0.1, 0.15) is 0 Å². The molecule has 1 unspecified atom stereocenters. The first-order valence-corrected chi connectivity index (χ1v) is 7.74. The molecule has 0 aliphatic rings. The van der Waals surface area contributed by atoms with E-state index in [9.17, 15) is 0 Å². The Kier molecular flexibility index (Phi) is 7.17. The number of likely N-dealkylation sites (N-methyl/N-ethyl adjacent to an activating group) is 1. The standard InChI is InChI=1S/C17H31N3/c1-6-10-19-16(17(2,3)4)14-20(5)13-9-15-7-11-18-12-8-15/h7-8,11-12,16,19H,6,9-10,13-14H2,1-5H3. The van der Waals surface area contributed by atoms with Gasteiger partial charge < -0.3 is 10.2 Å². The number of hydrogen-bond donors (Lipinski definition) is 1. The Hall–Kier alpha value is -0.930. The molecule has 0 aliphatic carbocycles. The molecule has 1 heterocycles. The van der Waals surface area contributed by atoms with Crippen LogP contribution in [0.3, 0.4) is 0 Å². The van der Waals surface area contributed by atoms with Gasteiger partial charge in [0.25, 0.3) is 0 Å². The van der Waals surface area contributed by atoms with E-state index in [0.717, 1.165) is 26.1 Å². The second-order valence-electron chi connectivity index (χ2n) is 6.74. The first-order chi connectivity index (χ1) is 9.43. The minimum absolute atomic E-state index is 0.292. The van der Waals surface area contributed by atoms with Gasteiger partial charge in [-0.2, -0.15) is 0 Å². The molecule has 114 valence electrons. The first kappa shape index (κ1) is 17.1. The van der Waals surface area contributed by atoms with Crippen LogP contribution in [0, 0.1) is 5.41 Å². The maximum atomic E-state index is 4.06. The molecule has 0 amide bonds. The van der Waals surface area contributed by atoms with Gasteiger partial charge in [0, 0.05) is 31.5 Å². The van der Waals surface area contributed by atoms with Crippen molar-refractivity contribution >= 4 is 0 Å². The van der Waals surface area contributed by atoms with Crippen molar-refractivity contribution in [2.75, 3.05) is 26.7 Å². The van der Waals surface area contributed by atoms with E-state index < -0.39 is 0 Å². The van der Waals surface area contributed by atoms with Gasteiger partial charge in [0.05, 0.1) is 0 Å². The van der Waals surface area contributed by atoms with E-state index in [4.69, 9.17) is 0 Å². The van der Waals surface area contributed by atoms with Crippen molar-refractivity contribution in [1.29, 1.82) is 0 Å². The molecule has 1 N–H and O–H groups in total. The van der Waals surface area contributed by atoms with E-state index in [-0.39, 0.29) is 0 Å². The Balaban J connectivity index is 2.43. The van der Waals surface area contributed by atoms with Gasteiger partial charge >= 0.3 is 0 Å². The van der Waals surface area contributed by atoms with Gasteiger partial charge in [0.2, 0.25) is 0 Å². The lowest BCUT2D eigenvalue weighted by molar-refractivity contribution is 0.195. The molecule has 20 heavy (non-hydrogen) atoms. The lowest BCUT2D eigenvalue weighted by Gasteiger charge is -2.35. The quantitative estimate of drug-likeness (QED) is 0.792. The molecule has 1 rings (SSSR count). The lowest BCUT2D eigenvalue weighted by Crippen LogP contribution is -2.48. The van der Waals surface area contributed by atoms with Crippen molar-refractivity contribution in [3.63, 3.8) is 0 Å². The van der Waals surface area contributed by atoms with Gasteiger partial charge in [-0.3, -0.25) is 4.98 Å². The van der Waals surface area contributed by atoms with Crippen molar-refractivity contribution in [1.82, 2.24) is 15.2 Å². The van der Waals surface area contributed by atoms with E-state index in [0.29, 0.717) is 11.5 Å². The summed E-state index contributed by atoms with van der Waals surface area (Å²) in [7, 11) is 2.22. The third kappa shape index (κ3) is 6.49. The summed E-state index contributed by atoms with van der Waals surface area (Å²) >= 11 is 0. The number of pyridine rings is 1. The normalized spacial score (nSPS) is 13.7. The highest BCUT2D eigenvalue weighted by Gasteiger charge is 2.24. The summed E-state index contributed by atoms with van der Waals surface area (Å²) in [5.74, 6) is 0. The first-order valence-electron chi connectivity index (χ1n) is 7.74. The zero-order chi connectivity index (χ0) is 15.0. The molecule has 0 saturated carbocycles. The second-order valence-corrected chi connectivity index (χ2v) is 6.74. The molecule has 1 aromatic heterocycles. The second kappa shape index (κ2) is 8.38. The average Bonchev–Trinajstić information content (AvgIpc) is 2.41. The summed E-state index contributed by atoms with van der Waals surface area (Å²) in [6.07, 6.45) is 6.02. The van der Waals surface area contributed by atoms with E-state index in [1.54, 1.807) is 0 Å². The topological polar surface area (TPSA) is 28.2 Å². The molecule has 0 aromatic carbocycles. The molecule has 0 aliphatic heterocycles. The molecular formula is C17H31N3. The van der Waals surface area contributed by atoms with Crippen LogP contribution in [0.4, 0.5) is 0 Å². The molecule has 0 radical (unpaired) electrons. The third-order valence-corrected chi connectivity index (χ3v) is 3.71. The van der Waals surface area contributed by atoms with Crippen molar-refractivity contribution in [2.24, 2.45) is 5.41 Å². The fourth-order valence-electron chi connectivity index (χ4n) is 2.24. The molecule has 1 aromatic rings. The molecule has 0 saturated heterocycles. The van der Waals surface area contributed by atoms with Crippen molar-refractivity contribution in [3.8, 4) is 0 Å². The van der Waals surface area contributed by atoms with E-state index in [2.05, 4.69) is 62.1 Å². The Labute approximate surface area is 124 Å². The Morgan fingerprint density at radius 3 is 2.45 bits per heavy atom. The van der Waals surface area contributed by atoms with Crippen LogP contribution in [0.2, 0.25) is 0 Å². The van der Waals surface area contributed by atoms with E-state index in [1.165, 1.54) is 12.0 Å². The molecule has 1 atom stereocenters. The largest absolute Gasteiger partial charge is 0.312 e. The Morgan fingerprint density at radius 1 is 1.25 bits per heavy atom.